The van der Waals surface area contributed by atoms with E-state index in [1.807, 2.05) is 0 Å². The molecular weight excluding hydrogens is 254 g/mol. The fourth-order valence-corrected chi connectivity index (χ4v) is 1.17. The van der Waals surface area contributed by atoms with Gasteiger partial charge in [-0.1, -0.05) is 0 Å². The van der Waals surface area contributed by atoms with Gasteiger partial charge in [0, 0.05) is 0 Å². The van der Waals surface area contributed by atoms with E-state index < -0.39 is 11.6 Å². The molecule has 0 saturated heterocycles. The maximum absolute atomic E-state index is 11.3. The number of carbonyl (C=O) groups is 2. The van der Waals surface area contributed by atoms with E-state index in [0.717, 1.165) is 5.06 Å². The quantitative estimate of drug-likeness (QED) is 0.431. The molecule has 0 unspecified atom stereocenters. The number of hydrogen-bond donors (Lipinski definition) is 0. The van der Waals surface area contributed by atoms with Gasteiger partial charge in [0.15, 0.2) is 0 Å². The summed E-state index contributed by atoms with van der Waals surface area (Å²) >= 11 is 0. The van der Waals surface area contributed by atoms with E-state index in [-0.39, 0.29) is 24.9 Å². The average molecular weight is 271 g/mol. The Balaban J connectivity index is 2.66. The van der Waals surface area contributed by atoms with Gasteiger partial charge in [0.1, 0.15) is 6.54 Å². The highest BCUT2D eigenvalue weighted by Gasteiger charge is 2.20. The Morgan fingerprint density at radius 1 is 1.47 bits per heavy atom. The van der Waals surface area contributed by atoms with E-state index in [4.69, 9.17) is 14.1 Å². The summed E-state index contributed by atoms with van der Waals surface area (Å²) in [5, 5.41) is 4.48. The van der Waals surface area contributed by atoms with E-state index in [9.17, 15) is 9.59 Å². The fraction of sp³-hybridized carbons (Fsp3) is 0.636. The molecule has 0 aliphatic carbocycles. The molecular formula is C11H17N3O5. The minimum atomic E-state index is -0.674. The number of hydrogen-bond acceptors (Lipinski definition) is 7. The molecule has 106 valence electrons. The van der Waals surface area contributed by atoms with E-state index in [2.05, 4.69) is 10.1 Å². The molecule has 19 heavy (non-hydrogen) atoms. The van der Waals surface area contributed by atoms with Crippen LogP contribution in [0.15, 0.2) is 4.52 Å². The van der Waals surface area contributed by atoms with Crippen molar-refractivity contribution in [2.45, 2.75) is 39.8 Å². The number of rotatable bonds is 6. The van der Waals surface area contributed by atoms with Crippen LogP contribution in [0.3, 0.4) is 0 Å². The summed E-state index contributed by atoms with van der Waals surface area (Å²) in [6, 6.07) is 0. The van der Waals surface area contributed by atoms with Gasteiger partial charge in [0.05, 0.1) is 12.2 Å². The summed E-state index contributed by atoms with van der Waals surface area (Å²) in [4.78, 5) is 31.3. The standard InChI is InChI=1S/C11H17N3O5/c1-5-17-10(16)9-12-8(18-13-9)6-14(7-15)19-11(2,3)4/h7H,5-6H2,1-4H3. The zero-order chi connectivity index (χ0) is 14.5. The Labute approximate surface area is 110 Å². The molecule has 8 nitrogen and oxygen atoms in total. The third kappa shape index (κ3) is 5.04. The normalized spacial score (nSPS) is 11.2. The van der Waals surface area contributed by atoms with Crippen molar-refractivity contribution in [3.63, 3.8) is 0 Å². The summed E-state index contributed by atoms with van der Waals surface area (Å²) in [6.45, 7) is 7.22. The smallest absolute Gasteiger partial charge is 0.379 e. The molecule has 1 aromatic rings. The maximum Gasteiger partial charge on any atom is 0.379 e. The van der Waals surface area contributed by atoms with Gasteiger partial charge in [0.25, 0.3) is 5.82 Å². The fourth-order valence-electron chi connectivity index (χ4n) is 1.17. The molecule has 0 spiro atoms. The lowest BCUT2D eigenvalue weighted by Gasteiger charge is -2.25. The second kappa shape index (κ2) is 6.28. The molecule has 0 aromatic carbocycles. The first-order valence-electron chi connectivity index (χ1n) is 5.76. The minimum absolute atomic E-state index is 0.0484. The average Bonchev–Trinajstić information content (AvgIpc) is 2.75. The van der Waals surface area contributed by atoms with E-state index in [0.29, 0.717) is 6.41 Å². The Morgan fingerprint density at radius 2 is 2.16 bits per heavy atom. The molecule has 0 aliphatic heterocycles. The lowest BCUT2D eigenvalue weighted by atomic mass is 10.2. The Morgan fingerprint density at radius 3 is 2.68 bits per heavy atom. The molecule has 0 radical (unpaired) electrons. The first kappa shape index (κ1) is 15.1. The highest BCUT2D eigenvalue weighted by molar-refractivity contribution is 5.84. The number of amides is 1. The zero-order valence-corrected chi connectivity index (χ0v) is 11.4. The van der Waals surface area contributed by atoms with Crippen LogP contribution in [0.25, 0.3) is 0 Å². The molecule has 0 aliphatic rings. The molecule has 0 fully saturated rings. The summed E-state index contributed by atoms with van der Waals surface area (Å²) in [5.74, 6) is -0.773. The Hall–Kier alpha value is -1.96. The van der Waals surface area contributed by atoms with Crippen LogP contribution in [0.5, 0.6) is 0 Å². The molecule has 1 amide bonds. The Kier molecular flexibility index (Phi) is 4.99. The van der Waals surface area contributed by atoms with Gasteiger partial charge < -0.3 is 9.26 Å². The number of hydroxylamine groups is 2. The largest absolute Gasteiger partial charge is 0.460 e. The second-order valence-corrected chi connectivity index (χ2v) is 4.62. The number of esters is 1. The SMILES string of the molecule is CCOC(=O)c1noc(CN(C=O)OC(C)(C)C)n1. The lowest BCUT2D eigenvalue weighted by molar-refractivity contribution is -0.222. The summed E-state index contributed by atoms with van der Waals surface area (Å²) in [6.07, 6.45) is 0.499. The van der Waals surface area contributed by atoms with E-state index in [1.54, 1.807) is 27.7 Å². The van der Waals surface area contributed by atoms with Gasteiger partial charge in [-0.25, -0.2) is 9.86 Å². The summed E-state index contributed by atoms with van der Waals surface area (Å²) in [5.41, 5.74) is -0.537. The van der Waals surface area contributed by atoms with Crippen LogP contribution >= 0.6 is 0 Å². The molecule has 0 bridgehead atoms. The number of aromatic nitrogens is 2. The molecule has 1 heterocycles. The third-order valence-electron chi connectivity index (χ3n) is 1.73. The van der Waals surface area contributed by atoms with Crippen LogP contribution in [0, 0.1) is 0 Å². The predicted octanol–water partition coefficient (Wildman–Crippen LogP) is 0.935. The van der Waals surface area contributed by atoms with Crippen LogP contribution in [-0.2, 0) is 20.9 Å². The van der Waals surface area contributed by atoms with Crippen LogP contribution in [0.2, 0.25) is 0 Å². The number of carbonyl (C=O) groups excluding carboxylic acids is 2. The van der Waals surface area contributed by atoms with Crippen molar-refractivity contribution in [2.24, 2.45) is 0 Å². The number of ether oxygens (including phenoxy) is 1. The van der Waals surface area contributed by atoms with Gasteiger partial charge in [-0.15, -0.1) is 0 Å². The van der Waals surface area contributed by atoms with Crippen molar-refractivity contribution in [2.75, 3.05) is 6.61 Å². The summed E-state index contributed by atoms with van der Waals surface area (Å²) < 4.78 is 9.55. The minimum Gasteiger partial charge on any atom is -0.460 e. The van der Waals surface area contributed by atoms with Crippen molar-refractivity contribution in [3.05, 3.63) is 11.7 Å². The first-order valence-corrected chi connectivity index (χ1v) is 5.76. The first-order chi connectivity index (χ1) is 8.85. The third-order valence-corrected chi connectivity index (χ3v) is 1.73. The molecule has 0 N–H and O–H groups in total. The van der Waals surface area contributed by atoms with Crippen molar-refractivity contribution in [1.29, 1.82) is 0 Å². The van der Waals surface area contributed by atoms with Crippen LogP contribution in [0.4, 0.5) is 0 Å². The Bertz CT molecular complexity index is 438. The molecule has 0 atom stereocenters. The van der Waals surface area contributed by atoms with Gasteiger partial charge in [0.2, 0.25) is 12.3 Å². The second-order valence-electron chi connectivity index (χ2n) is 4.62. The molecule has 0 saturated carbocycles. The predicted molar refractivity (Wildman–Crippen MR) is 62.7 cm³/mol. The van der Waals surface area contributed by atoms with Gasteiger partial charge in [-0.2, -0.15) is 4.98 Å². The molecule has 1 aromatic heterocycles. The van der Waals surface area contributed by atoms with E-state index >= 15 is 0 Å². The van der Waals surface area contributed by atoms with Gasteiger partial charge >= 0.3 is 5.97 Å². The van der Waals surface area contributed by atoms with Crippen molar-refractivity contribution in [1.82, 2.24) is 15.2 Å². The molecule has 1 rings (SSSR count). The monoisotopic (exact) mass is 271 g/mol. The van der Waals surface area contributed by atoms with Gasteiger partial charge in [-0.05, 0) is 32.9 Å². The lowest BCUT2D eigenvalue weighted by Crippen LogP contribution is -2.32. The van der Waals surface area contributed by atoms with Crippen LogP contribution < -0.4 is 0 Å². The zero-order valence-electron chi connectivity index (χ0n) is 11.4. The van der Waals surface area contributed by atoms with Crippen molar-refractivity contribution in [3.8, 4) is 0 Å². The number of nitrogens with zero attached hydrogens (tertiary/aromatic N) is 3. The van der Waals surface area contributed by atoms with Crippen LogP contribution in [-0.4, -0.2) is 39.8 Å². The molecule has 8 heteroatoms. The topological polar surface area (TPSA) is 94.8 Å². The summed E-state index contributed by atoms with van der Waals surface area (Å²) in [7, 11) is 0. The van der Waals surface area contributed by atoms with E-state index in [1.165, 1.54) is 0 Å². The van der Waals surface area contributed by atoms with Crippen molar-refractivity contribution >= 4 is 12.4 Å². The van der Waals surface area contributed by atoms with Crippen LogP contribution in [0.1, 0.15) is 44.2 Å². The highest BCUT2D eigenvalue weighted by Crippen LogP contribution is 2.11. The van der Waals surface area contributed by atoms with Crippen molar-refractivity contribution < 1.29 is 23.7 Å². The van der Waals surface area contributed by atoms with Gasteiger partial charge in [-0.3, -0.25) is 9.63 Å². The highest BCUT2D eigenvalue weighted by atomic mass is 16.7. The maximum atomic E-state index is 11.3.